The first-order valence-corrected chi connectivity index (χ1v) is 9.94. The van der Waals surface area contributed by atoms with E-state index in [0.29, 0.717) is 27.4 Å². The van der Waals surface area contributed by atoms with Gasteiger partial charge in [-0.3, -0.25) is 19.0 Å². The standard InChI is InChI=1S/C22H19N3O4S/c1-14-20(21(27)24-12-17-9-7-16(11-23)8-10-17)30-22(28)25(14)13-18-5-3-4-6-19(18)29-15(2)26/h3-10H,12-13H2,1-2H3,(H,24,27). The molecule has 152 valence electrons. The van der Waals surface area contributed by atoms with E-state index in [1.165, 1.54) is 11.5 Å². The molecular weight excluding hydrogens is 402 g/mol. The molecule has 3 rings (SSSR count). The Kier molecular flexibility index (Phi) is 6.45. The molecule has 1 heterocycles. The number of nitriles is 1. The smallest absolute Gasteiger partial charge is 0.308 e. The molecule has 0 spiro atoms. The van der Waals surface area contributed by atoms with E-state index in [4.69, 9.17) is 10.00 Å². The van der Waals surface area contributed by atoms with Crippen molar-refractivity contribution in [3.63, 3.8) is 0 Å². The molecule has 1 amide bonds. The van der Waals surface area contributed by atoms with Crippen molar-refractivity contribution in [2.45, 2.75) is 26.9 Å². The van der Waals surface area contributed by atoms with E-state index in [1.54, 1.807) is 55.5 Å². The van der Waals surface area contributed by atoms with Crippen LogP contribution in [0.15, 0.2) is 53.3 Å². The van der Waals surface area contributed by atoms with Crippen molar-refractivity contribution in [1.82, 2.24) is 9.88 Å². The molecule has 3 aromatic rings. The summed E-state index contributed by atoms with van der Waals surface area (Å²) >= 11 is 0.874. The van der Waals surface area contributed by atoms with E-state index in [9.17, 15) is 14.4 Å². The average molecular weight is 421 g/mol. The fourth-order valence-corrected chi connectivity index (χ4v) is 3.80. The fraction of sp³-hybridized carbons (Fsp3) is 0.182. The van der Waals surface area contributed by atoms with Crippen molar-refractivity contribution in [3.8, 4) is 11.8 Å². The molecule has 0 saturated heterocycles. The van der Waals surface area contributed by atoms with Crippen LogP contribution in [0.1, 0.15) is 39.0 Å². The number of ether oxygens (including phenoxy) is 1. The van der Waals surface area contributed by atoms with Gasteiger partial charge < -0.3 is 10.1 Å². The number of rotatable bonds is 6. The third kappa shape index (κ3) is 4.82. The van der Waals surface area contributed by atoms with Gasteiger partial charge in [0.2, 0.25) is 0 Å². The van der Waals surface area contributed by atoms with Crippen LogP contribution in [0.4, 0.5) is 0 Å². The summed E-state index contributed by atoms with van der Waals surface area (Å²) in [5.74, 6) is -0.403. The topological polar surface area (TPSA) is 101 Å². The molecule has 0 saturated carbocycles. The van der Waals surface area contributed by atoms with E-state index < -0.39 is 5.97 Å². The molecule has 30 heavy (non-hydrogen) atoms. The Bertz CT molecular complexity index is 1190. The summed E-state index contributed by atoms with van der Waals surface area (Å²) in [5, 5.41) is 11.6. The molecule has 0 radical (unpaired) electrons. The first-order chi connectivity index (χ1) is 14.4. The lowest BCUT2D eigenvalue weighted by Gasteiger charge is -2.11. The van der Waals surface area contributed by atoms with Crippen LogP contribution in [0.2, 0.25) is 0 Å². The average Bonchev–Trinajstić information content (AvgIpc) is 3.01. The maximum absolute atomic E-state index is 12.6. The van der Waals surface area contributed by atoms with Gasteiger partial charge in [-0.15, -0.1) is 0 Å². The van der Waals surface area contributed by atoms with Gasteiger partial charge >= 0.3 is 10.8 Å². The molecule has 8 heteroatoms. The Labute approximate surface area is 177 Å². The largest absolute Gasteiger partial charge is 0.426 e. The molecule has 0 aliphatic heterocycles. The van der Waals surface area contributed by atoms with Gasteiger partial charge in [-0.2, -0.15) is 5.26 Å². The second-order valence-corrected chi connectivity index (χ2v) is 7.52. The highest BCUT2D eigenvalue weighted by Crippen LogP contribution is 2.21. The number of thiazole rings is 1. The Hall–Kier alpha value is -3.70. The van der Waals surface area contributed by atoms with Crippen LogP contribution in [-0.2, 0) is 17.9 Å². The van der Waals surface area contributed by atoms with Crippen LogP contribution in [0.25, 0.3) is 0 Å². The number of carbonyl (C=O) groups excluding carboxylic acids is 2. The Morgan fingerprint density at radius 1 is 1.17 bits per heavy atom. The minimum Gasteiger partial charge on any atom is -0.426 e. The minimum absolute atomic E-state index is 0.188. The highest BCUT2D eigenvalue weighted by molar-refractivity contribution is 7.11. The summed E-state index contributed by atoms with van der Waals surface area (Å²) in [6, 6.07) is 15.9. The number of para-hydroxylation sites is 1. The van der Waals surface area contributed by atoms with E-state index in [-0.39, 0.29) is 23.9 Å². The van der Waals surface area contributed by atoms with Gasteiger partial charge in [0.05, 0.1) is 18.2 Å². The van der Waals surface area contributed by atoms with Gasteiger partial charge in [-0.1, -0.05) is 41.7 Å². The van der Waals surface area contributed by atoms with Gasteiger partial charge in [-0.25, -0.2) is 0 Å². The second kappa shape index (κ2) is 9.20. The maximum atomic E-state index is 12.6. The summed E-state index contributed by atoms with van der Waals surface area (Å²) < 4.78 is 6.70. The third-order valence-electron chi connectivity index (χ3n) is 4.44. The quantitative estimate of drug-likeness (QED) is 0.487. The number of esters is 1. The fourth-order valence-electron chi connectivity index (χ4n) is 2.89. The molecule has 0 aliphatic rings. The molecule has 0 fully saturated rings. The number of amides is 1. The van der Waals surface area contributed by atoms with Crippen LogP contribution in [0.3, 0.4) is 0 Å². The summed E-state index contributed by atoms with van der Waals surface area (Å²) in [6.07, 6.45) is 0. The lowest BCUT2D eigenvalue weighted by Crippen LogP contribution is -2.23. The predicted octanol–water partition coefficient (Wildman–Crippen LogP) is 2.99. The van der Waals surface area contributed by atoms with Gasteiger partial charge in [0.15, 0.2) is 0 Å². The summed E-state index contributed by atoms with van der Waals surface area (Å²) in [5.41, 5.74) is 2.60. The lowest BCUT2D eigenvalue weighted by molar-refractivity contribution is -0.131. The van der Waals surface area contributed by atoms with Crippen molar-refractivity contribution < 1.29 is 14.3 Å². The van der Waals surface area contributed by atoms with Crippen molar-refractivity contribution in [1.29, 1.82) is 5.26 Å². The summed E-state index contributed by atoms with van der Waals surface area (Å²) in [4.78, 5) is 36.5. The maximum Gasteiger partial charge on any atom is 0.308 e. The van der Waals surface area contributed by atoms with Crippen LogP contribution in [0, 0.1) is 18.3 Å². The Morgan fingerprint density at radius 2 is 1.87 bits per heavy atom. The zero-order chi connectivity index (χ0) is 21.7. The first kappa shape index (κ1) is 21.0. The molecule has 1 aromatic heterocycles. The number of carbonyl (C=O) groups is 2. The van der Waals surface area contributed by atoms with Crippen LogP contribution in [-0.4, -0.2) is 16.4 Å². The van der Waals surface area contributed by atoms with E-state index in [1.807, 2.05) is 6.07 Å². The van der Waals surface area contributed by atoms with E-state index in [0.717, 1.165) is 16.9 Å². The van der Waals surface area contributed by atoms with Gasteiger partial charge in [0.1, 0.15) is 10.6 Å². The summed E-state index contributed by atoms with van der Waals surface area (Å²) in [6.45, 7) is 3.50. The van der Waals surface area contributed by atoms with Gasteiger partial charge in [0, 0.05) is 24.7 Å². The minimum atomic E-state index is -0.445. The predicted molar refractivity (Wildman–Crippen MR) is 112 cm³/mol. The molecule has 0 unspecified atom stereocenters. The molecule has 0 bridgehead atoms. The molecular formula is C22H19N3O4S. The Morgan fingerprint density at radius 3 is 2.53 bits per heavy atom. The lowest BCUT2D eigenvalue weighted by atomic mass is 10.1. The zero-order valence-electron chi connectivity index (χ0n) is 16.5. The van der Waals surface area contributed by atoms with Crippen molar-refractivity contribution in [3.05, 3.63) is 85.5 Å². The molecule has 2 aromatic carbocycles. The number of nitrogens with one attached hydrogen (secondary N) is 1. The van der Waals surface area contributed by atoms with Gasteiger partial charge in [0.25, 0.3) is 5.91 Å². The van der Waals surface area contributed by atoms with E-state index >= 15 is 0 Å². The zero-order valence-corrected chi connectivity index (χ0v) is 17.3. The third-order valence-corrected chi connectivity index (χ3v) is 5.52. The first-order valence-electron chi connectivity index (χ1n) is 9.13. The highest BCUT2D eigenvalue weighted by Gasteiger charge is 2.19. The number of aromatic nitrogens is 1. The number of hydrogen-bond acceptors (Lipinski definition) is 6. The number of nitrogens with zero attached hydrogens (tertiary/aromatic N) is 2. The normalized spacial score (nSPS) is 10.3. The SMILES string of the molecule is CC(=O)Oc1ccccc1Cn1c(C)c(C(=O)NCc2ccc(C#N)cc2)sc1=O. The van der Waals surface area contributed by atoms with Crippen LogP contribution < -0.4 is 14.9 Å². The Balaban J connectivity index is 1.77. The van der Waals surface area contributed by atoms with Crippen molar-refractivity contribution in [2.24, 2.45) is 0 Å². The van der Waals surface area contributed by atoms with Crippen LogP contribution >= 0.6 is 11.3 Å². The van der Waals surface area contributed by atoms with Crippen LogP contribution in [0.5, 0.6) is 5.75 Å². The summed E-state index contributed by atoms with van der Waals surface area (Å²) in [7, 11) is 0. The van der Waals surface area contributed by atoms with Crippen molar-refractivity contribution in [2.75, 3.05) is 0 Å². The molecule has 0 aliphatic carbocycles. The molecule has 7 nitrogen and oxygen atoms in total. The molecule has 0 atom stereocenters. The monoisotopic (exact) mass is 421 g/mol. The number of benzene rings is 2. The van der Waals surface area contributed by atoms with E-state index in [2.05, 4.69) is 5.32 Å². The van der Waals surface area contributed by atoms with Gasteiger partial charge in [-0.05, 0) is 30.7 Å². The van der Waals surface area contributed by atoms with Crippen molar-refractivity contribution >= 4 is 23.2 Å². The highest BCUT2D eigenvalue weighted by atomic mass is 32.1. The second-order valence-electron chi connectivity index (χ2n) is 6.56. The number of hydrogen-bond donors (Lipinski definition) is 1. The molecule has 1 N–H and O–H groups in total.